The lowest BCUT2D eigenvalue weighted by Crippen LogP contribution is -2.48. The zero-order chi connectivity index (χ0) is 17.8. The number of hydrogen-bond donors (Lipinski definition) is 1. The third-order valence-electron chi connectivity index (χ3n) is 6.12. The Labute approximate surface area is 161 Å². The van der Waals surface area contributed by atoms with E-state index in [4.69, 9.17) is 4.74 Å². The maximum Gasteiger partial charge on any atom is 0.338 e. The second kappa shape index (κ2) is 6.20. The van der Waals surface area contributed by atoms with E-state index in [2.05, 4.69) is 0 Å². The summed E-state index contributed by atoms with van der Waals surface area (Å²) in [5.41, 5.74) is 0.289. The summed E-state index contributed by atoms with van der Waals surface area (Å²) in [4.78, 5) is 12.2. The van der Waals surface area contributed by atoms with Crippen LogP contribution >= 0.6 is 22.6 Å². The smallest absolute Gasteiger partial charge is 0.338 e. The second-order valence-electron chi connectivity index (χ2n) is 8.11. The van der Waals surface area contributed by atoms with Gasteiger partial charge in [-0.15, -0.1) is 0 Å². The molecule has 5 nitrogen and oxygen atoms in total. The summed E-state index contributed by atoms with van der Waals surface area (Å²) >= 11 is 1.82. The summed E-state index contributed by atoms with van der Waals surface area (Å²) in [5.74, 6) is 1.84. The molecule has 0 unspecified atom stereocenters. The summed E-state index contributed by atoms with van der Waals surface area (Å²) < 4.78 is 38.1. The van der Waals surface area contributed by atoms with E-state index in [9.17, 15) is 17.8 Å². The molecule has 4 aliphatic carbocycles. The van der Waals surface area contributed by atoms with E-state index in [0.717, 1.165) is 37.0 Å². The van der Waals surface area contributed by atoms with Crippen molar-refractivity contribution >= 4 is 38.7 Å². The lowest BCUT2D eigenvalue weighted by Gasteiger charge is -2.56. The van der Waals surface area contributed by atoms with Gasteiger partial charge in [0.05, 0.1) is 12.2 Å². The van der Waals surface area contributed by atoms with Crippen molar-refractivity contribution in [2.45, 2.75) is 43.4 Å². The molecule has 0 heterocycles. The van der Waals surface area contributed by atoms with Crippen LogP contribution < -0.4 is 0 Å². The Morgan fingerprint density at radius 2 is 1.72 bits per heavy atom. The average molecular weight is 476 g/mol. The molecule has 1 aromatic rings. The number of benzene rings is 1. The van der Waals surface area contributed by atoms with E-state index in [1.165, 1.54) is 31.4 Å². The molecule has 0 radical (unpaired) electrons. The maximum absolute atomic E-state index is 12.4. The van der Waals surface area contributed by atoms with Gasteiger partial charge in [-0.2, -0.15) is 8.42 Å². The molecule has 0 amide bonds. The summed E-state index contributed by atoms with van der Waals surface area (Å²) in [6.07, 6.45) is 7.45. The molecule has 0 aliphatic heterocycles. The van der Waals surface area contributed by atoms with Crippen molar-refractivity contribution < 1.29 is 22.5 Å². The van der Waals surface area contributed by atoms with E-state index >= 15 is 0 Å². The predicted octanol–water partition coefficient (Wildman–Crippen LogP) is 3.91. The first-order valence-electron chi connectivity index (χ1n) is 8.68. The Bertz CT molecular complexity index is 781. The van der Waals surface area contributed by atoms with Crippen LogP contribution in [0.25, 0.3) is 0 Å². The Kier molecular flexibility index (Phi) is 4.39. The first-order chi connectivity index (χ1) is 11.7. The average Bonchev–Trinajstić information content (AvgIpc) is 2.51. The minimum Gasteiger partial charge on any atom is -0.462 e. The summed E-state index contributed by atoms with van der Waals surface area (Å²) in [6.45, 7) is 0.419. The number of esters is 1. The first kappa shape index (κ1) is 17.7. The fraction of sp³-hybridized carbons (Fsp3) is 0.611. The number of carbonyl (C=O) groups is 1. The zero-order valence-corrected chi connectivity index (χ0v) is 16.8. The Morgan fingerprint density at radius 3 is 2.24 bits per heavy atom. The molecule has 136 valence electrons. The molecule has 0 spiro atoms. The SMILES string of the molecule is O=C(OCC12CC3CC(CC(C3)C1)C2)c1ccc(I)c(S(=O)(=O)O)c1. The van der Waals surface area contributed by atoms with Crippen LogP contribution in [0.1, 0.15) is 48.9 Å². The predicted molar refractivity (Wildman–Crippen MR) is 99.9 cm³/mol. The minimum atomic E-state index is -4.36. The minimum absolute atomic E-state index is 0.125. The van der Waals surface area contributed by atoms with Crippen LogP contribution in [-0.4, -0.2) is 25.5 Å². The van der Waals surface area contributed by atoms with Gasteiger partial charge in [0.15, 0.2) is 0 Å². The molecular formula is C18H21IO5S. The highest BCUT2D eigenvalue weighted by molar-refractivity contribution is 14.1. The fourth-order valence-electron chi connectivity index (χ4n) is 5.60. The van der Waals surface area contributed by atoms with Gasteiger partial charge in [0.1, 0.15) is 4.90 Å². The van der Waals surface area contributed by atoms with Crippen LogP contribution in [0.3, 0.4) is 0 Å². The zero-order valence-electron chi connectivity index (χ0n) is 13.8. The van der Waals surface area contributed by atoms with Gasteiger partial charge in [0, 0.05) is 8.99 Å². The Hall–Kier alpha value is -0.670. The van der Waals surface area contributed by atoms with Gasteiger partial charge in [-0.05, 0) is 97.1 Å². The van der Waals surface area contributed by atoms with Gasteiger partial charge in [0.25, 0.3) is 10.1 Å². The quantitative estimate of drug-likeness (QED) is 0.405. The first-order valence-corrected chi connectivity index (χ1v) is 11.2. The number of rotatable bonds is 4. The normalized spacial score (nSPS) is 33.4. The van der Waals surface area contributed by atoms with Gasteiger partial charge in [0.2, 0.25) is 0 Å². The van der Waals surface area contributed by atoms with E-state index in [1.54, 1.807) is 6.07 Å². The molecule has 1 aromatic carbocycles. The van der Waals surface area contributed by atoms with E-state index in [-0.39, 0.29) is 15.9 Å². The van der Waals surface area contributed by atoms with Crippen molar-refractivity contribution in [2.75, 3.05) is 6.61 Å². The number of carbonyl (C=O) groups excluding carboxylic acids is 1. The van der Waals surface area contributed by atoms with Crippen molar-refractivity contribution in [2.24, 2.45) is 23.2 Å². The van der Waals surface area contributed by atoms with Gasteiger partial charge in [-0.1, -0.05) is 0 Å². The molecule has 4 bridgehead atoms. The van der Waals surface area contributed by atoms with Crippen LogP contribution in [0, 0.1) is 26.7 Å². The molecule has 4 aliphatic rings. The van der Waals surface area contributed by atoms with Gasteiger partial charge in [-0.25, -0.2) is 4.79 Å². The molecule has 0 aromatic heterocycles. The van der Waals surface area contributed by atoms with Crippen molar-refractivity contribution in [3.63, 3.8) is 0 Å². The molecule has 1 N–H and O–H groups in total. The molecule has 4 fully saturated rings. The third-order valence-corrected chi connectivity index (χ3v) is 8.32. The topological polar surface area (TPSA) is 80.7 Å². The summed E-state index contributed by atoms with van der Waals surface area (Å²) in [5, 5.41) is 0. The highest BCUT2D eigenvalue weighted by Gasteiger charge is 2.51. The van der Waals surface area contributed by atoms with Crippen LogP contribution in [0.5, 0.6) is 0 Å². The molecule has 5 rings (SSSR count). The lowest BCUT2D eigenvalue weighted by molar-refractivity contribution is -0.0848. The summed E-state index contributed by atoms with van der Waals surface area (Å²) in [7, 11) is -4.36. The van der Waals surface area contributed by atoms with Gasteiger partial charge in [-0.3, -0.25) is 4.55 Å². The molecule has 0 saturated heterocycles. The van der Waals surface area contributed by atoms with Gasteiger partial charge >= 0.3 is 5.97 Å². The molecular weight excluding hydrogens is 455 g/mol. The molecule has 4 saturated carbocycles. The van der Waals surface area contributed by atoms with Crippen molar-refractivity contribution in [1.82, 2.24) is 0 Å². The largest absolute Gasteiger partial charge is 0.462 e. The number of ether oxygens (including phenoxy) is 1. The van der Waals surface area contributed by atoms with Crippen molar-refractivity contribution in [1.29, 1.82) is 0 Å². The number of halogens is 1. The third kappa shape index (κ3) is 3.47. The highest BCUT2D eigenvalue weighted by atomic mass is 127. The van der Waals surface area contributed by atoms with Gasteiger partial charge < -0.3 is 4.74 Å². The van der Waals surface area contributed by atoms with Crippen molar-refractivity contribution in [3.8, 4) is 0 Å². The molecule has 7 heteroatoms. The Morgan fingerprint density at radius 1 is 1.16 bits per heavy atom. The van der Waals surface area contributed by atoms with Crippen LogP contribution in [0.15, 0.2) is 23.1 Å². The van der Waals surface area contributed by atoms with Crippen LogP contribution in [0.2, 0.25) is 0 Å². The monoisotopic (exact) mass is 476 g/mol. The standard InChI is InChI=1S/C18H21IO5S/c19-15-2-1-14(6-16(15)25(21,22)23)17(20)24-10-18-7-11-3-12(8-18)5-13(4-11)9-18/h1-2,6,11-13H,3-5,7-10H2,(H,21,22,23). The summed E-state index contributed by atoms with van der Waals surface area (Å²) in [6, 6.07) is 4.24. The number of hydrogen-bond acceptors (Lipinski definition) is 4. The second-order valence-corrected chi connectivity index (χ2v) is 10.7. The van der Waals surface area contributed by atoms with Crippen LogP contribution in [0.4, 0.5) is 0 Å². The molecule has 0 atom stereocenters. The lowest BCUT2D eigenvalue weighted by atomic mass is 9.50. The van der Waals surface area contributed by atoms with E-state index in [0.29, 0.717) is 10.2 Å². The van der Waals surface area contributed by atoms with Crippen LogP contribution in [-0.2, 0) is 14.9 Å². The molecule has 25 heavy (non-hydrogen) atoms. The maximum atomic E-state index is 12.4. The Balaban J connectivity index is 1.48. The van der Waals surface area contributed by atoms with E-state index < -0.39 is 16.1 Å². The fourth-order valence-corrected chi connectivity index (χ4v) is 7.36. The highest BCUT2D eigenvalue weighted by Crippen LogP contribution is 2.60. The van der Waals surface area contributed by atoms with E-state index in [1.807, 2.05) is 22.6 Å². The van der Waals surface area contributed by atoms with Crippen molar-refractivity contribution in [3.05, 3.63) is 27.3 Å².